The topological polar surface area (TPSA) is 29.3 Å². The molecule has 90 valence electrons. The molecule has 0 aliphatic rings. The van der Waals surface area contributed by atoms with Crippen LogP contribution in [0.2, 0.25) is 0 Å². The molecule has 1 rings (SSSR count). The second-order valence-electron chi connectivity index (χ2n) is 4.77. The minimum Gasteiger partial charge on any atom is -0.399 e. The molecule has 0 radical (unpaired) electrons. The van der Waals surface area contributed by atoms with E-state index in [0.29, 0.717) is 12.1 Å². The van der Waals surface area contributed by atoms with Gasteiger partial charge < -0.3 is 5.73 Å². The molecule has 0 spiro atoms. The van der Waals surface area contributed by atoms with Crippen LogP contribution in [0.4, 0.5) is 5.69 Å². The fraction of sp³-hybridized carbons (Fsp3) is 0.571. The second kappa shape index (κ2) is 5.90. The van der Waals surface area contributed by atoms with Crippen molar-refractivity contribution >= 4 is 5.69 Å². The van der Waals surface area contributed by atoms with Gasteiger partial charge in [-0.25, -0.2) is 0 Å². The summed E-state index contributed by atoms with van der Waals surface area (Å²) < 4.78 is 0. The Hall–Kier alpha value is -1.02. The third-order valence-corrected chi connectivity index (χ3v) is 3.14. The molecule has 0 aliphatic heterocycles. The lowest BCUT2D eigenvalue weighted by Crippen LogP contribution is -2.37. The molecule has 2 N–H and O–H groups in total. The van der Waals surface area contributed by atoms with E-state index >= 15 is 0 Å². The first-order valence-electron chi connectivity index (χ1n) is 6.14. The van der Waals surface area contributed by atoms with Crippen LogP contribution in [0.25, 0.3) is 0 Å². The van der Waals surface area contributed by atoms with Gasteiger partial charge in [0.05, 0.1) is 0 Å². The van der Waals surface area contributed by atoms with E-state index in [-0.39, 0.29) is 0 Å². The van der Waals surface area contributed by atoms with E-state index in [1.54, 1.807) is 0 Å². The highest BCUT2D eigenvalue weighted by molar-refractivity contribution is 5.40. The zero-order valence-electron chi connectivity index (χ0n) is 10.9. The molecule has 2 heteroatoms. The molecule has 0 saturated carbocycles. The molecule has 1 aromatic rings. The first kappa shape index (κ1) is 13.0. The van der Waals surface area contributed by atoms with Crippen LogP contribution in [0.3, 0.4) is 0 Å². The van der Waals surface area contributed by atoms with Gasteiger partial charge in [-0.15, -0.1) is 0 Å². The maximum Gasteiger partial charge on any atom is 0.0317 e. The predicted molar refractivity (Wildman–Crippen MR) is 71.3 cm³/mol. The highest BCUT2D eigenvalue weighted by atomic mass is 15.2. The summed E-state index contributed by atoms with van der Waals surface area (Å²) in [5.41, 5.74) is 7.95. The Kier molecular flexibility index (Phi) is 4.81. The van der Waals surface area contributed by atoms with Gasteiger partial charge in [-0.3, -0.25) is 4.90 Å². The number of hydrogen-bond acceptors (Lipinski definition) is 2. The van der Waals surface area contributed by atoms with Gasteiger partial charge >= 0.3 is 0 Å². The van der Waals surface area contributed by atoms with Gasteiger partial charge in [-0.2, -0.15) is 0 Å². The van der Waals surface area contributed by atoms with Crippen LogP contribution >= 0.6 is 0 Å². The van der Waals surface area contributed by atoms with Crippen LogP contribution < -0.4 is 5.73 Å². The molecule has 0 fully saturated rings. The number of nitrogens with two attached hydrogens (primary N) is 1. The summed E-state index contributed by atoms with van der Waals surface area (Å²) in [6.07, 6.45) is 1.18. The maximum absolute atomic E-state index is 5.80. The minimum atomic E-state index is 0.566. The van der Waals surface area contributed by atoms with E-state index in [0.717, 1.165) is 12.2 Å². The summed E-state index contributed by atoms with van der Waals surface area (Å²) in [5.74, 6) is 0. The zero-order valence-corrected chi connectivity index (χ0v) is 10.9. The molecule has 0 heterocycles. The lowest BCUT2D eigenvalue weighted by atomic mass is 10.1. The predicted octanol–water partition coefficient (Wildman–Crippen LogP) is 3.28. The Morgan fingerprint density at radius 2 is 1.94 bits per heavy atom. The van der Waals surface area contributed by atoms with Crippen molar-refractivity contribution in [2.24, 2.45) is 0 Å². The van der Waals surface area contributed by atoms with Gasteiger partial charge in [-0.1, -0.05) is 19.1 Å². The van der Waals surface area contributed by atoms with Crippen LogP contribution in [-0.2, 0) is 6.54 Å². The number of anilines is 1. The van der Waals surface area contributed by atoms with Crippen LogP contribution in [0.15, 0.2) is 24.3 Å². The molecule has 0 amide bonds. The first-order valence-corrected chi connectivity index (χ1v) is 6.14. The third kappa shape index (κ3) is 3.53. The van der Waals surface area contributed by atoms with Gasteiger partial charge in [0, 0.05) is 24.3 Å². The summed E-state index contributed by atoms with van der Waals surface area (Å²) in [5, 5.41) is 0. The molecule has 1 unspecified atom stereocenters. The number of nitrogens with zero attached hydrogens (tertiary/aromatic N) is 1. The first-order chi connectivity index (χ1) is 7.54. The molecule has 16 heavy (non-hydrogen) atoms. The van der Waals surface area contributed by atoms with E-state index in [2.05, 4.69) is 44.7 Å². The Labute approximate surface area is 99.5 Å². The number of hydrogen-bond donors (Lipinski definition) is 1. The quantitative estimate of drug-likeness (QED) is 0.772. The number of rotatable bonds is 5. The van der Waals surface area contributed by atoms with Crippen molar-refractivity contribution in [1.29, 1.82) is 0 Å². The Morgan fingerprint density at radius 1 is 1.25 bits per heavy atom. The summed E-state index contributed by atoms with van der Waals surface area (Å²) in [7, 11) is 0. The van der Waals surface area contributed by atoms with Crippen molar-refractivity contribution in [3.63, 3.8) is 0 Å². The van der Waals surface area contributed by atoms with Crippen molar-refractivity contribution < 1.29 is 0 Å². The normalized spacial score (nSPS) is 13.4. The molecule has 1 aromatic carbocycles. The van der Waals surface area contributed by atoms with Crippen LogP contribution in [0.1, 0.15) is 39.7 Å². The lowest BCUT2D eigenvalue weighted by Gasteiger charge is -2.32. The smallest absolute Gasteiger partial charge is 0.0317 e. The van der Waals surface area contributed by atoms with E-state index < -0.39 is 0 Å². The molecule has 2 nitrogen and oxygen atoms in total. The van der Waals surface area contributed by atoms with Crippen LogP contribution in [0.5, 0.6) is 0 Å². The van der Waals surface area contributed by atoms with Crippen molar-refractivity contribution in [2.45, 2.75) is 52.7 Å². The summed E-state index contributed by atoms with van der Waals surface area (Å²) >= 11 is 0. The van der Waals surface area contributed by atoms with E-state index in [1.807, 2.05) is 12.1 Å². The fourth-order valence-corrected chi connectivity index (χ4v) is 1.98. The maximum atomic E-state index is 5.80. The van der Waals surface area contributed by atoms with E-state index in [4.69, 9.17) is 5.73 Å². The Morgan fingerprint density at radius 3 is 2.44 bits per heavy atom. The van der Waals surface area contributed by atoms with Crippen LogP contribution in [0, 0.1) is 0 Å². The molecule has 0 aliphatic carbocycles. The Balaban J connectivity index is 2.75. The molecular weight excluding hydrogens is 196 g/mol. The molecule has 0 bridgehead atoms. The van der Waals surface area contributed by atoms with Crippen molar-refractivity contribution in [3.8, 4) is 0 Å². The number of benzene rings is 1. The van der Waals surface area contributed by atoms with Gasteiger partial charge in [0.1, 0.15) is 0 Å². The van der Waals surface area contributed by atoms with Gasteiger partial charge in [0.25, 0.3) is 0 Å². The van der Waals surface area contributed by atoms with E-state index in [9.17, 15) is 0 Å². The number of nitrogen functional groups attached to an aromatic ring is 1. The highest BCUT2D eigenvalue weighted by Crippen LogP contribution is 2.15. The molecule has 1 atom stereocenters. The second-order valence-corrected chi connectivity index (χ2v) is 4.77. The van der Waals surface area contributed by atoms with E-state index in [1.165, 1.54) is 12.0 Å². The van der Waals surface area contributed by atoms with Crippen molar-refractivity contribution in [2.75, 3.05) is 5.73 Å². The standard InChI is InChI=1S/C14H24N2/c1-5-12(4)16(11(2)3)10-13-7-6-8-14(15)9-13/h6-9,11-12H,5,10,15H2,1-4H3. The summed E-state index contributed by atoms with van der Waals surface area (Å²) in [6, 6.07) is 9.36. The largest absolute Gasteiger partial charge is 0.399 e. The summed E-state index contributed by atoms with van der Waals surface area (Å²) in [6.45, 7) is 10.0. The third-order valence-electron chi connectivity index (χ3n) is 3.14. The average Bonchev–Trinajstić information content (AvgIpc) is 2.24. The van der Waals surface area contributed by atoms with Gasteiger partial charge in [0.2, 0.25) is 0 Å². The van der Waals surface area contributed by atoms with Gasteiger partial charge in [0.15, 0.2) is 0 Å². The molecule has 0 saturated heterocycles. The lowest BCUT2D eigenvalue weighted by molar-refractivity contribution is 0.151. The SMILES string of the molecule is CCC(C)N(Cc1cccc(N)c1)C(C)C. The highest BCUT2D eigenvalue weighted by Gasteiger charge is 2.15. The zero-order chi connectivity index (χ0) is 12.1. The Bertz CT molecular complexity index is 320. The minimum absolute atomic E-state index is 0.566. The van der Waals surface area contributed by atoms with Crippen LogP contribution in [-0.4, -0.2) is 17.0 Å². The summed E-state index contributed by atoms with van der Waals surface area (Å²) in [4.78, 5) is 2.51. The molecular formula is C14H24N2. The van der Waals surface area contributed by atoms with Crippen molar-refractivity contribution in [1.82, 2.24) is 4.90 Å². The molecule has 0 aromatic heterocycles. The fourth-order valence-electron chi connectivity index (χ4n) is 1.98. The average molecular weight is 220 g/mol. The monoisotopic (exact) mass is 220 g/mol. The van der Waals surface area contributed by atoms with Crippen molar-refractivity contribution in [3.05, 3.63) is 29.8 Å². The van der Waals surface area contributed by atoms with Gasteiger partial charge in [-0.05, 0) is 44.9 Å².